The molecule has 0 radical (unpaired) electrons. The van der Waals surface area contributed by atoms with Gasteiger partial charge in [0.05, 0.1) is 18.3 Å². The number of hydrogen-bond acceptors (Lipinski definition) is 8. The molecule has 0 atom stereocenters. The van der Waals surface area contributed by atoms with Crippen molar-refractivity contribution >= 4 is 11.4 Å². The number of aromatic nitrogens is 2. The zero-order valence-electron chi connectivity index (χ0n) is 16.3. The van der Waals surface area contributed by atoms with Crippen molar-refractivity contribution in [3.63, 3.8) is 0 Å². The molecule has 2 aromatic carbocycles. The molecule has 0 bridgehead atoms. The maximum atomic E-state index is 11.7. The number of anilines is 1. The van der Waals surface area contributed by atoms with E-state index in [1.807, 2.05) is 29.2 Å². The topological polar surface area (TPSA) is 108 Å². The molecule has 0 amide bonds. The van der Waals surface area contributed by atoms with Crippen LogP contribution in [0.25, 0.3) is 23.0 Å². The van der Waals surface area contributed by atoms with Gasteiger partial charge in [0.25, 0.3) is 11.6 Å². The number of rotatable bonds is 7. The van der Waals surface area contributed by atoms with Crippen molar-refractivity contribution in [2.75, 3.05) is 19.1 Å². The minimum Gasteiger partial charge on any atom is -0.497 e. The first-order chi connectivity index (χ1) is 14.5. The number of nitrogens with zero attached hydrogens (tertiary/aromatic N) is 4. The van der Waals surface area contributed by atoms with Gasteiger partial charge in [0.2, 0.25) is 5.82 Å². The molecule has 0 N–H and O–H groups in total. The van der Waals surface area contributed by atoms with Crippen LogP contribution in [0, 0.1) is 10.1 Å². The molecule has 9 heteroatoms. The highest BCUT2D eigenvalue weighted by Gasteiger charge is 2.21. The van der Waals surface area contributed by atoms with Gasteiger partial charge < -0.3 is 18.6 Å². The van der Waals surface area contributed by atoms with E-state index in [0.717, 1.165) is 11.3 Å². The Morgan fingerprint density at radius 2 is 1.97 bits per heavy atom. The van der Waals surface area contributed by atoms with Crippen molar-refractivity contribution in [1.82, 2.24) is 10.1 Å². The highest BCUT2D eigenvalue weighted by atomic mass is 16.6. The second-order valence-electron chi connectivity index (χ2n) is 6.57. The first-order valence-corrected chi connectivity index (χ1v) is 9.05. The van der Waals surface area contributed by atoms with Crippen LogP contribution in [-0.4, -0.2) is 29.2 Å². The summed E-state index contributed by atoms with van der Waals surface area (Å²) in [5.74, 6) is 1.66. The van der Waals surface area contributed by atoms with Crippen LogP contribution in [0.5, 0.6) is 5.75 Å². The van der Waals surface area contributed by atoms with Gasteiger partial charge in [-0.3, -0.25) is 10.1 Å². The Bertz CT molecular complexity index is 1150. The van der Waals surface area contributed by atoms with Crippen molar-refractivity contribution in [3.8, 4) is 28.8 Å². The lowest BCUT2D eigenvalue weighted by molar-refractivity contribution is -0.384. The summed E-state index contributed by atoms with van der Waals surface area (Å²) in [4.78, 5) is 17.4. The van der Waals surface area contributed by atoms with Crippen molar-refractivity contribution in [2.24, 2.45) is 0 Å². The number of methoxy groups -OCH3 is 1. The molecule has 0 aliphatic heterocycles. The largest absolute Gasteiger partial charge is 0.497 e. The van der Waals surface area contributed by atoms with E-state index in [1.54, 1.807) is 38.4 Å². The Labute approximate surface area is 171 Å². The van der Waals surface area contributed by atoms with E-state index in [-0.39, 0.29) is 17.4 Å². The second-order valence-corrected chi connectivity index (χ2v) is 6.57. The number of furan rings is 1. The molecule has 2 aromatic heterocycles. The molecule has 0 aliphatic carbocycles. The molecule has 0 saturated carbocycles. The van der Waals surface area contributed by atoms with Crippen molar-refractivity contribution in [2.45, 2.75) is 6.54 Å². The first-order valence-electron chi connectivity index (χ1n) is 9.05. The smallest absolute Gasteiger partial charge is 0.293 e. The summed E-state index contributed by atoms with van der Waals surface area (Å²) in [6.07, 6.45) is 1.50. The average molecular weight is 406 g/mol. The molecule has 0 saturated heterocycles. The Morgan fingerprint density at radius 3 is 2.63 bits per heavy atom. The van der Waals surface area contributed by atoms with Crippen LogP contribution in [0.15, 0.2) is 69.8 Å². The minimum atomic E-state index is -0.423. The molecule has 30 heavy (non-hydrogen) atoms. The van der Waals surface area contributed by atoms with E-state index < -0.39 is 4.92 Å². The standard InChI is InChI=1S/C21H18N4O5/c1-24(13-14-5-8-16(28-2)9-6-14)17-10-7-15(12-18(17)25(26)27)21-22-20(23-30-21)19-4-3-11-29-19/h3-12H,13H2,1-2H3. The molecule has 152 valence electrons. The number of benzene rings is 2. The first kappa shape index (κ1) is 19.2. The summed E-state index contributed by atoms with van der Waals surface area (Å²) in [5.41, 5.74) is 1.87. The van der Waals surface area contributed by atoms with Crippen LogP contribution in [0.1, 0.15) is 5.56 Å². The van der Waals surface area contributed by atoms with E-state index in [2.05, 4.69) is 10.1 Å². The number of ether oxygens (including phenoxy) is 1. The predicted octanol–water partition coefficient (Wildman–Crippen LogP) is 4.55. The summed E-state index contributed by atoms with van der Waals surface area (Å²) >= 11 is 0. The fourth-order valence-electron chi connectivity index (χ4n) is 3.06. The van der Waals surface area contributed by atoms with Gasteiger partial charge in [0.1, 0.15) is 11.4 Å². The third-order valence-corrected chi connectivity index (χ3v) is 4.58. The van der Waals surface area contributed by atoms with Gasteiger partial charge in [0.15, 0.2) is 5.76 Å². The summed E-state index contributed by atoms with van der Waals surface area (Å²) in [6, 6.07) is 15.8. The third-order valence-electron chi connectivity index (χ3n) is 4.58. The van der Waals surface area contributed by atoms with Gasteiger partial charge in [0, 0.05) is 25.2 Å². The van der Waals surface area contributed by atoms with Gasteiger partial charge in [-0.15, -0.1) is 0 Å². The quantitative estimate of drug-likeness (QED) is 0.325. The highest BCUT2D eigenvalue weighted by Crippen LogP contribution is 2.33. The molecule has 0 unspecified atom stereocenters. The van der Waals surface area contributed by atoms with Crippen LogP contribution in [0.4, 0.5) is 11.4 Å². The zero-order chi connectivity index (χ0) is 21.1. The normalized spacial score (nSPS) is 10.7. The van der Waals surface area contributed by atoms with Crippen molar-refractivity contribution in [3.05, 3.63) is 76.5 Å². The number of nitro groups is 1. The van der Waals surface area contributed by atoms with Crippen molar-refractivity contribution in [1.29, 1.82) is 0 Å². The van der Waals surface area contributed by atoms with Gasteiger partial charge in [-0.05, 0) is 42.0 Å². The minimum absolute atomic E-state index is 0.0544. The van der Waals surface area contributed by atoms with E-state index in [0.29, 0.717) is 23.6 Å². The summed E-state index contributed by atoms with van der Waals surface area (Å²) < 4.78 is 15.7. The summed E-state index contributed by atoms with van der Waals surface area (Å²) in [6.45, 7) is 0.493. The second kappa shape index (κ2) is 8.08. The monoisotopic (exact) mass is 406 g/mol. The number of hydrogen-bond donors (Lipinski definition) is 0. The summed E-state index contributed by atoms with van der Waals surface area (Å²) in [7, 11) is 3.40. The molecular weight excluding hydrogens is 388 g/mol. The molecule has 0 fully saturated rings. The Kier molecular flexibility index (Phi) is 5.17. The predicted molar refractivity (Wildman–Crippen MR) is 109 cm³/mol. The molecule has 4 aromatic rings. The average Bonchev–Trinajstić information content (AvgIpc) is 3.45. The molecule has 0 aliphatic rings. The third kappa shape index (κ3) is 3.86. The van der Waals surface area contributed by atoms with Gasteiger partial charge in [-0.25, -0.2) is 0 Å². The lowest BCUT2D eigenvalue weighted by Crippen LogP contribution is -2.17. The zero-order valence-corrected chi connectivity index (χ0v) is 16.3. The lowest BCUT2D eigenvalue weighted by Gasteiger charge is -2.19. The van der Waals surface area contributed by atoms with Crippen LogP contribution >= 0.6 is 0 Å². The van der Waals surface area contributed by atoms with Gasteiger partial charge in [-0.1, -0.05) is 17.3 Å². The van der Waals surface area contributed by atoms with Crippen LogP contribution in [-0.2, 0) is 6.54 Å². The molecule has 4 rings (SSSR count). The van der Waals surface area contributed by atoms with Crippen LogP contribution in [0.2, 0.25) is 0 Å². The van der Waals surface area contributed by atoms with E-state index in [1.165, 1.54) is 12.3 Å². The van der Waals surface area contributed by atoms with Crippen LogP contribution < -0.4 is 9.64 Å². The summed E-state index contributed by atoms with van der Waals surface area (Å²) in [5, 5.41) is 15.6. The molecule has 0 spiro atoms. The fraction of sp³-hybridized carbons (Fsp3) is 0.143. The van der Waals surface area contributed by atoms with Crippen molar-refractivity contribution < 1.29 is 18.6 Å². The van der Waals surface area contributed by atoms with Gasteiger partial charge >= 0.3 is 0 Å². The maximum Gasteiger partial charge on any atom is 0.293 e. The van der Waals surface area contributed by atoms with E-state index >= 15 is 0 Å². The molecule has 2 heterocycles. The fourth-order valence-corrected chi connectivity index (χ4v) is 3.06. The van der Waals surface area contributed by atoms with Crippen LogP contribution in [0.3, 0.4) is 0 Å². The van der Waals surface area contributed by atoms with Gasteiger partial charge in [-0.2, -0.15) is 4.98 Å². The molecule has 9 nitrogen and oxygen atoms in total. The SMILES string of the molecule is COc1ccc(CN(C)c2ccc(-c3nc(-c4ccco4)no3)cc2[N+](=O)[O-])cc1. The van der Waals surface area contributed by atoms with E-state index in [9.17, 15) is 10.1 Å². The Hall–Kier alpha value is -4.14. The maximum absolute atomic E-state index is 11.7. The molecular formula is C21H18N4O5. The number of nitro benzene ring substituents is 1. The lowest BCUT2D eigenvalue weighted by atomic mass is 10.1. The Balaban J connectivity index is 1.60. The van der Waals surface area contributed by atoms with E-state index in [4.69, 9.17) is 13.7 Å². The highest BCUT2D eigenvalue weighted by molar-refractivity contribution is 5.71. The Morgan fingerprint density at radius 1 is 1.17 bits per heavy atom.